The molecule has 2 rings (SSSR count). The molecule has 0 atom stereocenters. The van der Waals surface area contributed by atoms with Gasteiger partial charge in [-0.2, -0.15) is 0 Å². The van der Waals surface area contributed by atoms with Gasteiger partial charge in [0.05, 0.1) is 17.7 Å². The highest BCUT2D eigenvalue weighted by atomic mass is 16.6. The second kappa shape index (κ2) is 5.75. The second-order valence-electron chi connectivity index (χ2n) is 4.24. The van der Waals surface area contributed by atoms with Crippen LogP contribution in [0.2, 0.25) is 0 Å². The molecule has 1 aliphatic rings. The van der Waals surface area contributed by atoms with Gasteiger partial charge in [0.1, 0.15) is 0 Å². The van der Waals surface area contributed by atoms with Crippen molar-refractivity contribution in [2.45, 2.75) is 19.3 Å². The van der Waals surface area contributed by atoms with Gasteiger partial charge in [0, 0.05) is 6.54 Å². The molecule has 2 N–H and O–H groups in total. The van der Waals surface area contributed by atoms with Crippen molar-refractivity contribution in [2.24, 2.45) is 5.90 Å². The number of unbranched alkanes of at least 4 members (excludes halogenated alkanes) is 2. The third kappa shape index (κ3) is 2.42. The summed E-state index contributed by atoms with van der Waals surface area (Å²) in [6.45, 7) is 0.957. The summed E-state index contributed by atoms with van der Waals surface area (Å²) < 4.78 is 0. The van der Waals surface area contributed by atoms with Gasteiger partial charge in [-0.25, -0.2) is 5.90 Å². The fraction of sp³-hybridized carbons (Fsp3) is 0.385. The molecule has 2 amide bonds. The maximum Gasteiger partial charge on any atom is 0.261 e. The Labute approximate surface area is 105 Å². The number of carbonyl (C=O) groups excluding carboxylic acids is 2. The van der Waals surface area contributed by atoms with Crippen LogP contribution in [0.3, 0.4) is 0 Å². The minimum absolute atomic E-state index is 0.189. The second-order valence-corrected chi connectivity index (χ2v) is 4.24. The summed E-state index contributed by atoms with van der Waals surface area (Å²) in [7, 11) is 0. The summed E-state index contributed by atoms with van der Waals surface area (Å²) >= 11 is 0. The van der Waals surface area contributed by atoms with Crippen LogP contribution in [0.25, 0.3) is 0 Å². The normalized spacial score (nSPS) is 14.2. The van der Waals surface area contributed by atoms with Crippen LogP contribution in [0.4, 0.5) is 0 Å². The van der Waals surface area contributed by atoms with Gasteiger partial charge in [0.2, 0.25) is 0 Å². The standard InChI is InChI=1S/C13H16N2O3/c14-18-9-5-1-4-8-15-12(16)10-6-2-3-7-11(10)13(15)17/h2-3,6-7H,1,4-5,8-9,14H2. The molecule has 0 radical (unpaired) electrons. The fourth-order valence-electron chi connectivity index (χ4n) is 2.07. The van der Waals surface area contributed by atoms with Crippen molar-refractivity contribution in [3.05, 3.63) is 35.4 Å². The number of hydrogen-bond acceptors (Lipinski definition) is 4. The Morgan fingerprint density at radius 3 is 2.17 bits per heavy atom. The van der Waals surface area contributed by atoms with Gasteiger partial charge in [0.25, 0.3) is 11.8 Å². The molecule has 0 unspecified atom stereocenters. The van der Waals surface area contributed by atoms with Crippen LogP contribution in [0.15, 0.2) is 24.3 Å². The lowest BCUT2D eigenvalue weighted by molar-refractivity contribution is 0.0649. The molecule has 1 aromatic carbocycles. The zero-order chi connectivity index (χ0) is 13.0. The monoisotopic (exact) mass is 248 g/mol. The number of carbonyl (C=O) groups is 2. The lowest BCUT2D eigenvalue weighted by Gasteiger charge is -2.13. The van der Waals surface area contributed by atoms with Crippen LogP contribution in [-0.4, -0.2) is 29.9 Å². The molecule has 0 saturated heterocycles. The zero-order valence-electron chi connectivity index (χ0n) is 10.1. The smallest absolute Gasteiger partial charge is 0.261 e. The number of nitrogens with two attached hydrogens (primary N) is 1. The van der Waals surface area contributed by atoms with Gasteiger partial charge >= 0.3 is 0 Å². The van der Waals surface area contributed by atoms with Crippen molar-refractivity contribution in [1.29, 1.82) is 0 Å². The van der Waals surface area contributed by atoms with E-state index >= 15 is 0 Å². The Bertz CT molecular complexity index is 424. The molecule has 5 heteroatoms. The number of rotatable bonds is 6. The van der Waals surface area contributed by atoms with E-state index in [0.717, 1.165) is 19.3 Å². The van der Waals surface area contributed by atoms with Gasteiger partial charge in [-0.3, -0.25) is 14.5 Å². The first kappa shape index (κ1) is 12.7. The van der Waals surface area contributed by atoms with Crippen molar-refractivity contribution in [2.75, 3.05) is 13.2 Å². The summed E-state index contributed by atoms with van der Waals surface area (Å²) in [6, 6.07) is 6.92. The largest absolute Gasteiger partial charge is 0.305 e. The van der Waals surface area contributed by atoms with Crippen LogP contribution in [0.1, 0.15) is 40.0 Å². The first-order valence-corrected chi connectivity index (χ1v) is 6.02. The first-order valence-electron chi connectivity index (χ1n) is 6.02. The van der Waals surface area contributed by atoms with Crippen LogP contribution in [-0.2, 0) is 4.84 Å². The van der Waals surface area contributed by atoms with E-state index in [0.29, 0.717) is 24.3 Å². The van der Waals surface area contributed by atoms with Gasteiger partial charge in [0.15, 0.2) is 0 Å². The molecule has 5 nitrogen and oxygen atoms in total. The average molecular weight is 248 g/mol. The molecule has 96 valence electrons. The molecule has 0 aliphatic carbocycles. The van der Waals surface area contributed by atoms with E-state index in [1.54, 1.807) is 24.3 Å². The molecule has 1 aromatic rings. The Hall–Kier alpha value is -1.72. The molecular weight excluding hydrogens is 232 g/mol. The van der Waals surface area contributed by atoms with E-state index in [4.69, 9.17) is 5.90 Å². The van der Waals surface area contributed by atoms with Crippen LogP contribution < -0.4 is 5.90 Å². The highest BCUT2D eigenvalue weighted by molar-refractivity contribution is 6.21. The topological polar surface area (TPSA) is 72.6 Å². The van der Waals surface area contributed by atoms with Crippen molar-refractivity contribution in [1.82, 2.24) is 4.90 Å². The van der Waals surface area contributed by atoms with Crippen molar-refractivity contribution < 1.29 is 14.4 Å². The predicted molar refractivity (Wildman–Crippen MR) is 65.8 cm³/mol. The minimum atomic E-state index is -0.189. The summed E-state index contributed by atoms with van der Waals surface area (Å²) in [6.07, 6.45) is 2.49. The van der Waals surface area contributed by atoms with E-state index in [-0.39, 0.29) is 11.8 Å². The van der Waals surface area contributed by atoms with Crippen molar-refractivity contribution in [3.63, 3.8) is 0 Å². The van der Waals surface area contributed by atoms with Gasteiger partial charge < -0.3 is 4.84 Å². The fourth-order valence-corrected chi connectivity index (χ4v) is 2.07. The molecule has 0 spiro atoms. The third-order valence-corrected chi connectivity index (χ3v) is 3.02. The number of fused-ring (bicyclic) bond motifs is 1. The SMILES string of the molecule is NOCCCCCN1C(=O)c2ccccc2C1=O. The third-order valence-electron chi connectivity index (χ3n) is 3.02. The minimum Gasteiger partial charge on any atom is -0.305 e. The summed E-state index contributed by atoms with van der Waals surface area (Å²) in [4.78, 5) is 29.7. The number of imide groups is 1. The highest BCUT2D eigenvalue weighted by Gasteiger charge is 2.34. The summed E-state index contributed by atoms with van der Waals surface area (Å²) in [5, 5.41) is 0. The van der Waals surface area contributed by atoms with E-state index < -0.39 is 0 Å². The summed E-state index contributed by atoms with van der Waals surface area (Å²) in [5.41, 5.74) is 1.01. The van der Waals surface area contributed by atoms with Crippen LogP contribution >= 0.6 is 0 Å². The van der Waals surface area contributed by atoms with Gasteiger partial charge in [-0.05, 0) is 31.4 Å². The van der Waals surface area contributed by atoms with E-state index in [9.17, 15) is 9.59 Å². The van der Waals surface area contributed by atoms with E-state index in [1.807, 2.05) is 0 Å². The molecule has 0 saturated carbocycles. The predicted octanol–water partition coefficient (Wildman–Crippen LogP) is 1.34. The molecule has 0 aromatic heterocycles. The first-order chi connectivity index (χ1) is 8.75. The molecular formula is C13H16N2O3. The maximum absolute atomic E-state index is 12.0. The lowest BCUT2D eigenvalue weighted by Crippen LogP contribution is -2.30. The Balaban J connectivity index is 1.93. The lowest BCUT2D eigenvalue weighted by atomic mass is 10.1. The molecule has 1 heterocycles. The Morgan fingerprint density at radius 1 is 1.00 bits per heavy atom. The number of benzene rings is 1. The van der Waals surface area contributed by atoms with E-state index in [1.165, 1.54) is 4.90 Å². The van der Waals surface area contributed by atoms with Crippen molar-refractivity contribution >= 4 is 11.8 Å². The maximum atomic E-state index is 12.0. The molecule has 1 aliphatic heterocycles. The molecule has 0 bridgehead atoms. The highest BCUT2D eigenvalue weighted by Crippen LogP contribution is 2.22. The number of hydrogen-bond donors (Lipinski definition) is 1. The number of amides is 2. The Morgan fingerprint density at radius 2 is 1.61 bits per heavy atom. The Kier molecular flexibility index (Phi) is 4.07. The average Bonchev–Trinajstić information content (AvgIpc) is 2.64. The van der Waals surface area contributed by atoms with Crippen LogP contribution in [0, 0.1) is 0 Å². The van der Waals surface area contributed by atoms with Gasteiger partial charge in [-0.1, -0.05) is 12.1 Å². The zero-order valence-corrected chi connectivity index (χ0v) is 10.1. The van der Waals surface area contributed by atoms with Gasteiger partial charge in [-0.15, -0.1) is 0 Å². The molecule has 18 heavy (non-hydrogen) atoms. The molecule has 0 fully saturated rings. The van der Waals surface area contributed by atoms with Crippen molar-refractivity contribution in [3.8, 4) is 0 Å². The summed E-state index contributed by atoms with van der Waals surface area (Å²) in [5.74, 6) is 4.54. The number of nitrogens with zero attached hydrogens (tertiary/aromatic N) is 1. The quantitative estimate of drug-likeness (QED) is 0.468. The van der Waals surface area contributed by atoms with Crippen LogP contribution in [0.5, 0.6) is 0 Å². The van der Waals surface area contributed by atoms with E-state index in [2.05, 4.69) is 4.84 Å².